The van der Waals surface area contributed by atoms with Crippen LogP contribution in [0.4, 0.5) is 17.6 Å². The smallest absolute Gasteiger partial charge is 0.287 e. The first-order valence-corrected chi connectivity index (χ1v) is 8.92. The fourth-order valence-electron chi connectivity index (χ4n) is 2.77. The van der Waals surface area contributed by atoms with Gasteiger partial charge in [0.15, 0.2) is 5.76 Å². The van der Waals surface area contributed by atoms with Crippen LogP contribution in [0.15, 0.2) is 46.9 Å². The van der Waals surface area contributed by atoms with E-state index in [-0.39, 0.29) is 24.1 Å². The van der Waals surface area contributed by atoms with E-state index in [1.165, 1.54) is 12.1 Å². The van der Waals surface area contributed by atoms with Crippen molar-refractivity contribution in [1.29, 1.82) is 0 Å². The summed E-state index contributed by atoms with van der Waals surface area (Å²) < 4.78 is 58.3. The van der Waals surface area contributed by atoms with Crippen molar-refractivity contribution in [3.05, 3.63) is 76.0 Å². The Labute approximate surface area is 168 Å². The van der Waals surface area contributed by atoms with E-state index in [0.29, 0.717) is 4.68 Å². The third-order valence-corrected chi connectivity index (χ3v) is 4.60. The number of carbonyl (C=O) groups excluding carboxylic acids is 1. The zero-order valence-corrected chi connectivity index (χ0v) is 15.8. The molecule has 1 unspecified atom stereocenters. The Balaban J connectivity index is 1.75. The van der Waals surface area contributed by atoms with E-state index < -0.39 is 35.2 Å². The minimum atomic E-state index is -3.10. The largest absolute Gasteiger partial charge is 0.454 e. The highest BCUT2D eigenvalue weighted by Gasteiger charge is 2.28. The first kappa shape index (κ1) is 20.9. The summed E-state index contributed by atoms with van der Waals surface area (Å²) in [5.74, 6) is -0.466. The molecule has 0 fully saturated rings. The highest BCUT2D eigenvalue weighted by atomic mass is 35.5. The zero-order chi connectivity index (χ0) is 21.1. The molecule has 0 aliphatic carbocycles. The molecule has 0 radical (unpaired) electrons. The van der Waals surface area contributed by atoms with E-state index >= 15 is 0 Å². The molecule has 3 rings (SSSR count). The van der Waals surface area contributed by atoms with Gasteiger partial charge in [0.05, 0.1) is 17.6 Å². The summed E-state index contributed by atoms with van der Waals surface area (Å²) in [6.07, 6.45) is -6.20. The molecule has 3 aromatic rings. The number of hydrogen-bond donors (Lipinski definition) is 1. The molecule has 0 aliphatic rings. The van der Waals surface area contributed by atoms with Crippen LogP contribution in [0.1, 0.15) is 59.1 Å². The topological polar surface area (TPSA) is 60.1 Å². The van der Waals surface area contributed by atoms with Crippen LogP contribution in [-0.4, -0.2) is 15.7 Å². The Morgan fingerprint density at radius 1 is 1.14 bits per heavy atom. The molecule has 1 atom stereocenters. The summed E-state index contributed by atoms with van der Waals surface area (Å²) in [7, 11) is 0. The van der Waals surface area contributed by atoms with E-state index in [9.17, 15) is 22.4 Å². The Bertz CT molecular complexity index is 989. The maximum absolute atomic E-state index is 13.2. The molecule has 0 saturated carbocycles. The Kier molecular flexibility index (Phi) is 6.26. The Hall–Kier alpha value is -2.81. The Morgan fingerprint density at radius 2 is 1.83 bits per heavy atom. The number of aromatic nitrogens is 2. The first-order valence-electron chi connectivity index (χ1n) is 8.54. The molecule has 1 aromatic carbocycles. The lowest BCUT2D eigenvalue weighted by Gasteiger charge is -2.13. The fourth-order valence-corrected chi connectivity index (χ4v) is 3.07. The lowest BCUT2D eigenvalue weighted by Crippen LogP contribution is -2.26. The molecule has 1 amide bonds. The van der Waals surface area contributed by atoms with E-state index in [1.54, 1.807) is 6.92 Å². The number of hydrogen-bond acceptors (Lipinski definition) is 3. The second-order valence-corrected chi connectivity index (χ2v) is 6.59. The summed E-state index contributed by atoms with van der Waals surface area (Å²) in [5, 5.41) is 5.43. The van der Waals surface area contributed by atoms with Crippen LogP contribution in [0.2, 0.25) is 5.02 Å². The van der Waals surface area contributed by atoms with Gasteiger partial charge < -0.3 is 9.73 Å². The van der Waals surface area contributed by atoms with Crippen LogP contribution in [0, 0.1) is 0 Å². The van der Waals surface area contributed by atoms with Crippen LogP contribution >= 0.6 is 11.6 Å². The summed E-state index contributed by atoms with van der Waals surface area (Å²) in [6, 6.07) is 11.7. The second-order valence-electron chi connectivity index (χ2n) is 6.22. The SMILES string of the molecule is CC(NC(=O)c1ccc(Cn2nc(C(F)F)c(Cl)c2C(F)F)o1)c1ccccc1. The lowest BCUT2D eigenvalue weighted by atomic mass is 10.1. The van der Waals surface area contributed by atoms with Gasteiger partial charge in [0, 0.05) is 0 Å². The predicted molar refractivity (Wildman–Crippen MR) is 97.3 cm³/mol. The van der Waals surface area contributed by atoms with Crippen molar-refractivity contribution in [2.75, 3.05) is 0 Å². The molecule has 2 heterocycles. The minimum absolute atomic E-state index is 0.0475. The van der Waals surface area contributed by atoms with Crippen molar-refractivity contribution in [3.8, 4) is 0 Å². The van der Waals surface area contributed by atoms with Gasteiger partial charge >= 0.3 is 0 Å². The molecule has 0 saturated heterocycles. The number of halogens is 5. The van der Waals surface area contributed by atoms with Crippen LogP contribution < -0.4 is 5.32 Å². The quantitative estimate of drug-likeness (QED) is 0.501. The molecule has 0 aliphatic heterocycles. The number of nitrogens with one attached hydrogen (secondary N) is 1. The van der Waals surface area contributed by atoms with Gasteiger partial charge in [-0.1, -0.05) is 41.9 Å². The second kappa shape index (κ2) is 8.69. The van der Waals surface area contributed by atoms with Crippen molar-refractivity contribution in [2.45, 2.75) is 32.4 Å². The molecule has 0 bridgehead atoms. The normalized spacial score (nSPS) is 12.6. The van der Waals surface area contributed by atoms with Gasteiger partial charge in [0.2, 0.25) is 0 Å². The standard InChI is InChI=1S/C19H16ClF4N3O2/c1-10(11-5-3-2-4-6-11)25-19(28)13-8-7-12(29-13)9-27-16(18(23)24)14(20)15(26-27)17(21)22/h2-8,10,17-18H,9H2,1H3,(H,25,28). The first-order chi connectivity index (χ1) is 13.8. The third-order valence-electron chi connectivity index (χ3n) is 4.21. The van der Waals surface area contributed by atoms with Crippen LogP contribution in [0.3, 0.4) is 0 Å². The summed E-state index contributed by atoms with van der Waals surface area (Å²) >= 11 is 5.62. The van der Waals surface area contributed by atoms with Gasteiger partial charge in [-0.2, -0.15) is 5.10 Å². The summed E-state index contributed by atoms with van der Waals surface area (Å²) in [6.45, 7) is 1.41. The number of furan rings is 1. The highest BCUT2D eigenvalue weighted by molar-refractivity contribution is 6.32. The monoisotopic (exact) mass is 429 g/mol. The molecular weight excluding hydrogens is 414 g/mol. The number of carbonyl (C=O) groups is 1. The van der Waals surface area contributed by atoms with Gasteiger partial charge in [-0.25, -0.2) is 17.6 Å². The summed E-state index contributed by atoms with van der Waals surface area (Å²) in [5.41, 5.74) is -0.870. The number of rotatable bonds is 7. The van der Waals surface area contributed by atoms with E-state index in [1.807, 2.05) is 30.3 Å². The molecule has 154 valence electrons. The van der Waals surface area contributed by atoms with Gasteiger partial charge in [-0.3, -0.25) is 9.48 Å². The van der Waals surface area contributed by atoms with E-state index in [4.69, 9.17) is 16.0 Å². The van der Waals surface area contributed by atoms with Crippen LogP contribution in [-0.2, 0) is 6.54 Å². The Morgan fingerprint density at radius 3 is 2.45 bits per heavy atom. The van der Waals surface area contributed by atoms with Gasteiger partial charge in [0.1, 0.15) is 17.1 Å². The lowest BCUT2D eigenvalue weighted by molar-refractivity contribution is 0.0909. The van der Waals surface area contributed by atoms with Crippen molar-refractivity contribution >= 4 is 17.5 Å². The maximum Gasteiger partial charge on any atom is 0.287 e. The number of benzene rings is 1. The van der Waals surface area contributed by atoms with Gasteiger partial charge in [-0.05, 0) is 24.6 Å². The van der Waals surface area contributed by atoms with Crippen molar-refractivity contribution in [2.24, 2.45) is 0 Å². The number of amides is 1. The van der Waals surface area contributed by atoms with Crippen molar-refractivity contribution in [3.63, 3.8) is 0 Å². The van der Waals surface area contributed by atoms with Crippen LogP contribution in [0.5, 0.6) is 0 Å². The minimum Gasteiger partial charge on any atom is -0.454 e. The molecule has 2 aromatic heterocycles. The average Bonchev–Trinajstić information content (AvgIpc) is 3.27. The molecule has 5 nitrogen and oxygen atoms in total. The van der Waals surface area contributed by atoms with Crippen molar-refractivity contribution < 1.29 is 26.8 Å². The third kappa shape index (κ3) is 4.61. The molecule has 10 heteroatoms. The van der Waals surface area contributed by atoms with Crippen LogP contribution in [0.25, 0.3) is 0 Å². The molecule has 1 N–H and O–H groups in total. The molecule has 0 spiro atoms. The van der Waals surface area contributed by atoms with E-state index in [0.717, 1.165) is 5.56 Å². The van der Waals surface area contributed by atoms with Crippen molar-refractivity contribution in [1.82, 2.24) is 15.1 Å². The predicted octanol–water partition coefficient (Wildman–Crippen LogP) is 5.54. The molecule has 29 heavy (non-hydrogen) atoms. The molecular formula is C19H16ClF4N3O2. The number of alkyl halides is 4. The fraction of sp³-hybridized carbons (Fsp3) is 0.263. The zero-order valence-electron chi connectivity index (χ0n) is 15.1. The number of nitrogens with zero attached hydrogens (tertiary/aromatic N) is 2. The van der Waals surface area contributed by atoms with Gasteiger partial charge in [-0.15, -0.1) is 0 Å². The maximum atomic E-state index is 13.2. The van der Waals surface area contributed by atoms with Gasteiger partial charge in [0.25, 0.3) is 18.8 Å². The average molecular weight is 430 g/mol. The highest BCUT2D eigenvalue weighted by Crippen LogP contribution is 2.35. The summed E-state index contributed by atoms with van der Waals surface area (Å²) in [4.78, 5) is 12.3. The van der Waals surface area contributed by atoms with E-state index in [2.05, 4.69) is 10.4 Å².